The fraction of sp³-hybridized carbons (Fsp3) is 0.696. The van der Waals surface area contributed by atoms with E-state index in [1.807, 2.05) is 48.7 Å². The number of aromatic nitrogens is 2. The van der Waals surface area contributed by atoms with Crippen LogP contribution >= 0.6 is 11.3 Å². The molecule has 176 valence electrons. The molecule has 7 nitrogen and oxygen atoms in total. The third-order valence-electron chi connectivity index (χ3n) is 4.21. The molecule has 2 aromatic rings. The van der Waals surface area contributed by atoms with E-state index < -0.39 is 5.60 Å². The van der Waals surface area contributed by atoms with Crippen LogP contribution in [0.4, 0.5) is 4.79 Å². The van der Waals surface area contributed by atoms with Gasteiger partial charge in [0.2, 0.25) is 5.88 Å². The van der Waals surface area contributed by atoms with Gasteiger partial charge in [0.15, 0.2) is 0 Å². The van der Waals surface area contributed by atoms with Crippen LogP contribution in [-0.2, 0) is 11.2 Å². The highest BCUT2D eigenvalue weighted by atomic mass is 32.1. The van der Waals surface area contributed by atoms with Gasteiger partial charge >= 0.3 is 6.09 Å². The average Bonchev–Trinajstić information content (AvgIpc) is 3.14. The van der Waals surface area contributed by atoms with Gasteiger partial charge in [-0.2, -0.15) is 0 Å². The summed E-state index contributed by atoms with van der Waals surface area (Å²) in [5.41, 5.74) is -0.483. The molecule has 0 atom stereocenters. The second kappa shape index (κ2) is 14.2. The Balaban J connectivity index is 0.000000884. The highest BCUT2D eigenvalue weighted by Gasteiger charge is 2.19. The SMILES string of the molecule is CC.CC(C)(C)OC(=O)NCCc1cc2c(OC3CCCCC3)ncnc2s1.CNC. The van der Waals surface area contributed by atoms with E-state index in [-0.39, 0.29) is 12.2 Å². The summed E-state index contributed by atoms with van der Waals surface area (Å²) < 4.78 is 11.4. The summed E-state index contributed by atoms with van der Waals surface area (Å²) in [6, 6.07) is 2.08. The molecule has 1 fully saturated rings. The molecular formula is C23H40N4O3S. The topological polar surface area (TPSA) is 85.4 Å². The molecule has 0 radical (unpaired) electrons. The van der Waals surface area contributed by atoms with Crippen LogP contribution in [0.15, 0.2) is 12.4 Å². The number of nitrogens with zero attached hydrogens (tertiary/aromatic N) is 2. The van der Waals surface area contributed by atoms with Crippen molar-refractivity contribution in [1.82, 2.24) is 20.6 Å². The van der Waals surface area contributed by atoms with Crippen LogP contribution in [0, 0.1) is 0 Å². The Morgan fingerprint density at radius 1 is 1.16 bits per heavy atom. The number of nitrogens with one attached hydrogen (secondary N) is 2. The lowest BCUT2D eigenvalue weighted by Crippen LogP contribution is -2.33. The first kappa shape index (κ1) is 27.1. The second-order valence-electron chi connectivity index (χ2n) is 8.17. The predicted octanol–water partition coefficient (Wildman–Crippen LogP) is 5.33. The molecule has 1 aliphatic carbocycles. The Morgan fingerprint density at radius 2 is 1.81 bits per heavy atom. The van der Waals surface area contributed by atoms with E-state index in [2.05, 4.69) is 26.7 Å². The molecule has 31 heavy (non-hydrogen) atoms. The molecule has 2 N–H and O–H groups in total. The minimum Gasteiger partial charge on any atom is -0.474 e. The Labute approximate surface area is 191 Å². The van der Waals surface area contributed by atoms with Gasteiger partial charge in [-0.15, -0.1) is 11.3 Å². The standard InChI is InChI=1S/C19H27N3O3S.C2H7N.C2H6/c1-19(2,3)25-18(23)20-10-9-14-11-15-16(21-12-22-17(15)26-14)24-13-7-5-4-6-8-13;1-3-2;1-2/h11-13H,4-10H2,1-3H3,(H,20,23);3H,1-2H3;1-2H3. The van der Waals surface area contributed by atoms with Gasteiger partial charge in [0.05, 0.1) is 5.39 Å². The smallest absolute Gasteiger partial charge is 0.407 e. The van der Waals surface area contributed by atoms with E-state index >= 15 is 0 Å². The summed E-state index contributed by atoms with van der Waals surface area (Å²) in [4.78, 5) is 22.5. The minimum atomic E-state index is -0.483. The van der Waals surface area contributed by atoms with Gasteiger partial charge in [0, 0.05) is 11.4 Å². The van der Waals surface area contributed by atoms with E-state index in [0.717, 1.165) is 34.4 Å². The number of ether oxygens (including phenoxy) is 2. The molecule has 0 bridgehead atoms. The van der Waals surface area contributed by atoms with Crippen molar-refractivity contribution in [2.24, 2.45) is 0 Å². The number of amides is 1. The van der Waals surface area contributed by atoms with Gasteiger partial charge < -0.3 is 20.1 Å². The Bertz CT molecular complexity index is 768. The van der Waals surface area contributed by atoms with Crippen molar-refractivity contribution < 1.29 is 14.3 Å². The van der Waals surface area contributed by atoms with E-state index in [1.165, 1.54) is 19.3 Å². The molecule has 1 saturated carbocycles. The summed E-state index contributed by atoms with van der Waals surface area (Å²) in [7, 11) is 3.75. The highest BCUT2D eigenvalue weighted by Crippen LogP contribution is 2.32. The molecule has 0 saturated heterocycles. The number of carbonyl (C=O) groups excluding carboxylic acids is 1. The number of fused-ring (bicyclic) bond motifs is 1. The zero-order chi connectivity index (χ0) is 23.3. The molecule has 0 spiro atoms. The maximum atomic E-state index is 11.7. The maximum absolute atomic E-state index is 11.7. The Morgan fingerprint density at radius 3 is 2.42 bits per heavy atom. The van der Waals surface area contributed by atoms with Crippen LogP contribution in [0.25, 0.3) is 10.2 Å². The van der Waals surface area contributed by atoms with Crippen LogP contribution in [0.2, 0.25) is 0 Å². The van der Waals surface area contributed by atoms with Gasteiger partial charge in [-0.1, -0.05) is 20.3 Å². The first-order valence-corrected chi connectivity index (χ1v) is 12.1. The lowest BCUT2D eigenvalue weighted by atomic mass is 9.98. The lowest BCUT2D eigenvalue weighted by Gasteiger charge is -2.22. The normalized spacial score (nSPS) is 14.0. The number of rotatable bonds is 5. The van der Waals surface area contributed by atoms with Crippen LogP contribution in [0.1, 0.15) is 71.6 Å². The van der Waals surface area contributed by atoms with Gasteiger partial charge in [0.1, 0.15) is 22.9 Å². The van der Waals surface area contributed by atoms with E-state index in [4.69, 9.17) is 9.47 Å². The minimum absolute atomic E-state index is 0.263. The van der Waals surface area contributed by atoms with Gasteiger partial charge in [-0.05, 0) is 73.0 Å². The molecule has 2 aromatic heterocycles. The van der Waals surface area contributed by atoms with E-state index in [0.29, 0.717) is 12.4 Å². The third kappa shape index (κ3) is 10.3. The quantitative estimate of drug-likeness (QED) is 0.638. The van der Waals surface area contributed by atoms with E-state index in [9.17, 15) is 4.79 Å². The second-order valence-corrected chi connectivity index (χ2v) is 9.28. The summed E-state index contributed by atoms with van der Waals surface area (Å²) in [5.74, 6) is 0.685. The maximum Gasteiger partial charge on any atom is 0.407 e. The molecule has 1 amide bonds. The predicted molar refractivity (Wildman–Crippen MR) is 129 cm³/mol. The van der Waals surface area contributed by atoms with E-state index in [1.54, 1.807) is 17.7 Å². The number of carbonyl (C=O) groups is 1. The van der Waals surface area contributed by atoms with Crippen LogP contribution in [-0.4, -0.2) is 48.4 Å². The monoisotopic (exact) mass is 452 g/mol. The fourth-order valence-corrected chi connectivity index (χ4v) is 4.03. The molecule has 0 aromatic carbocycles. The number of hydrogen-bond acceptors (Lipinski definition) is 7. The third-order valence-corrected chi connectivity index (χ3v) is 5.32. The largest absolute Gasteiger partial charge is 0.474 e. The summed E-state index contributed by atoms with van der Waals surface area (Å²) in [6.07, 6.45) is 8.12. The Kier molecular flexibility index (Phi) is 12.4. The van der Waals surface area contributed by atoms with Crippen molar-refractivity contribution in [3.63, 3.8) is 0 Å². The molecule has 2 heterocycles. The zero-order valence-corrected chi connectivity index (χ0v) is 21.0. The highest BCUT2D eigenvalue weighted by molar-refractivity contribution is 7.18. The fourth-order valence-electron chi connectivity index (χ4n) is 3.04. The molecule has 1 aliphatic rings. The molecular weight excluding hydrogens is 412 g/mol. The number of thiophene rings is 1. The van der Waals surface area contributed by atoms with Crippen molar-refractivity contribution >= 4 is 27.6 Å². The van der Waals surface area contributed by atoms with Crippen LogP contribution < -0.4 is 15.4 Å². The van der Waals surface area contributed by atoms with Gasteiger partial charge in [0.25, 0.3) is 0 Å². The molecule has 0 unspecified atom stereocenters. The van der Waals surface area contributed by atoms with Crippen LogP contribution in [0.3, 0.4) is 0 Å². The number of alkyl carbamates (subject to hydrolysis) is 1. The summed E-state index contributed by atoms with van der Waals surface area (Å²) in [6.45, 7) is 10.1. The lowest BCUT2D eigenvalue weighted by molar-refractivity contribution is 0.0528. The van der Waals surface area contributed by atoms with Crippen molar-refractivity contribution in [2.45, 2.75) is 84.8 Å². The molecule has 3 rings (SSSR count). The first-order valence-electron chi connectivity index (χ1n) is 11.3. The zero-order valence-electron chi connectivity index (χ0n) is 20.2. The van der Waals surface area contributed by atoms with Crippen LogP contribution in [0.5, 0.6) is 5.88 Å². The van der Waals surface area contributed by atoms with Crippen molar-refractivity contribution in [1.29, 1.82) is 0 Å². The first-order chi connectivity index (χ1) is 14.8. The summed E-state index contributed by atoms with van der Waals surface area (Å²) >= 11 is 1.62. The van der Waals surface area contributed by atoms with Gasteiger partial charge in [-0.3, -0.25) is 0 Å². The number of hydrogen-bond donors (Lipinski definition) is 2. The Hall–Kier alpha value is -1.93. The molecule has 8 heteroatoms. The van der Waals surface area contributed by atoms with Crippen molar-refractivity contribution in [3.05, 3.63) is 17.3 Å². The van der Waals surface area contributed by atoms with Crippen molar-refractivity contribution in [3.8, 4) is 5.88 Å². The average molecular weight is 453 g/mol. The summed E-state index contributed by atoms with van der Waals surface area (Å²) in [5, 5.41) is 6.51. The molecule has 0 aliphatic heterocycles. The van der Waals surface area contributed by atoms with Crippen molar-refractivity contribution in [2.75, 3.05) is 20.6 Å². The van der Waals surface area contributed by atoms with Gasteiger partial charge in [-0.25, -0.2) is 14.8 Å².